The van der Waals surface area contributed by atoms with Crippen LogP contribution in [0.3, 0.4) is 0 Å². The van der Waals surface area contributed by atoms with Gasteiger partial charge in [-0.3, -0.25) is 4.79 Å². The summed E-state index contributed by atoms with van der Waals surface area (Å²) in [5.41, 5.74) is 7.53. The normalized spacial score (nSPS) is 10.1. The quantitative estimate of drug-likeness (QED) is 0.576. The van der Waals surface area contributed by atoms with Crippen LogP contribution < -0.4 is 11.1 Å². The van der Waals surface area contributed by atoms with Gasteiger partial charge in [0.2, 0.25) is 0 Å². The number of nitrogen functional groups attached to an aromatic ring is 1. The molecule has 92 valence electrons. The maximum atomic E-state index is 12.1. The Bertz CT molecular complexity index is 601. The summed E-state index contributed by atoms with van der Waals surface area (Å²) in [6, 6.07) is 12.8. The lowest BCUT2D eigenvalue weighted by Crippen LogP contribution is -2.14. The molecule has 0 aromatic heterocycles. The third-order valence-electron chi connectivity index (χ3n) is 2.38. The lowest BCUT2D eigenvalue weighted by molar-refractivity contribution is 0.102. The molecule has 0 saturated carbocycles. The third kappa shape index (κ3) is 3.02. The molecule has 0 unspecified atom stereocenters. The molecule has 3 nitrogen and oxygen atoms in total. The van der Waals surface area contributed by atoms with Gasteiger partial charge in [0, 0.05) is 13.7 Å². The van der Waals surface area contributed by atoms with Crippen LogP contribution in [0.2, 0.25) is 0 Å². The molecule has 0 atom stereocenters. The molecular weight excluding hydrogens is 407 g/mol. The molecule has 0 aliphatic carbocycles. The van der Waals surface area contributed by atoms with E-state index < -0.39 is 0 Å². The highest BCUT2D eigenvalue weighted by Crippen LogP contribution is 2.22. The van der Waals surface area contributed by atoms with E-state index in [2.05, 4.69) is 43.8 Å². The molecule has 0 bridgehead atoms. The van der Waals surface area contributed by atoms with Gasteiger partial charge in [0.05, 0.1) is 11.3 Å². The zero-order chi connectivity index (χ0) is 13.1. The number of amides is 1. The van der Waals surface area contributed by atoms with Gasteiger partial charge in [-0.2, -0.15) is 0 Å². The van der Waals surface area contributed by atoms with Crippen LogP contribution in [0.15, 0.2) is 46.9 Å². The average molecular weight is 417 g/mol. The lowest BCUT2D eigenvalue weighted by atomic mass is 10.1. The van der Waals surface area contributed by atoms with Gasteiger partial charge in [0.25, 0.3) is 5.91 Å². The summed E-state index contributed by atoms with van der Waals surface area (Å²) in [6.07, 6.45) is 0. The zero-order valence-corrected chi connectivity index (χ0v) is 13.0. The Kier molecular flexibility index (Phi) is 4.23. The maximum absolute atomic E-state index is 12.1. The molecule has 2 aromatic carbocycles. The fourth-order valence-corrected chi connectivity index (χ4v) is 2.39. The number of benzene rings is 2. The molecule has 3 N–H and O–H groups in total. The molecule has 2 aromatic rings. The van der Waals surface area contributed by atoms with Crippen LogP contribution in [0.1, 0.15) is 10.4 Å². The lowest BCUT2D eigenvalue weighted by Gasteiger charge is -2.09. The molecule has 18 heavy (non-hydrogen) atoms. The predicted molar refractivity (Wildman–Crippen MR) is 85.7 cm³/mol. The summed E-state index contributed by atoms with van der Waals surface area (Å²) in [7, 11) is 0. The van der Waals surface area contributed by atoms with E-state index in [1.807, 2.05) is 24.3 Å². The number of nitrogens with two attached hydrogens (primary N) is 1. The molecule has 0 saturated heterocycles. The number of anilines is 2. The Morgan fingerprint density at radius 2 is 1.94 bits per heavy atom. The molecule has 2 rings (SSSR count). The van der Waals surface area contributed by atoms with Crippen molar-refractivity contribution in [1.29, 1.82) is 0 Å². The number of para-hydroxylation sites is 1. The number of carbonyl (C=O) groups is 1. The molecule has 0 fully saturated rings. The molecule has 0 aliphatic heterocycles. The third-order valence-corrected chi connectivity index (χ3v) is 3.81. The molecular formula is C13H10BrIN2O. The van der Waals surface area contributed by atoms with E-state index >= 15 is 0 Å². The number of carbonyl (C=O) groups excluding carboxylic acids is 1. The number of nitrogens with one attached hydrogen (secondary N) is 1. The Morgan fingerprint density at radius 1 is 1.22 bits per heavy atom. The highest BCUT2D eigenvalue weighted by molar-refractivity contribution is 14.1. The molecule has 1 amide bonds. The predicted octanol–water partition coefficient (Wildman–Crippen LogP) is 3.89. The van der Waals surface area contributed by atoms with Crippen molar-refractivity contribution < 1.29 is 4.79 Å². The average Bonchev–Trinajstić information content (AvgIpc) is 2.32. The summed E-state index contributed by atoms with van der Waals surface area (Å²) in [5, 5.41) is 2.85. The second kappa shape index (κ2) is 5.71. The van der Waals surface area contributed by atoms with Crippen molar-refractivity contribution in [3.63, 3.8) is 0 Å². The van der Waals surface area contributed by atoms with Crippen molar-refractivity contribution in [3.8, 4) is 0 Å². The number of hydrogen-bond acceptors (Lipinski definition) is 2. The largest absolute Gasteiger partial charge is 0.398 e. The van der Waals surface area contributed by atoms with Crippen LogP contribution >= 0.6 is 38.5 Å². The second-order valence-electron chi connectivity index (χ2n) is 3.67. The molecule has 5 heteroatoms. The first-order valence-corrected chi connectivity index (χ1v) is 7.06. The SMILES string of the molecule is Nc1cc(Br)ccc1C(=O)Nc1ccccc1I. The fraction of sp³-hybridized carbons (Fsp3) is 0. The van der Waals surface area contributed by atoms with E-state index in [0.29, 0.717) is 11.3 Å². The van der Waals surface area contributed by atoms with Gasteiger partial charge in [-0.1, -0.05) is 28.1 Å². The van der Waals surface area contributed by atoms with E-state index in [-0.39, 0.29) is 5.91 Å². The minimum atomic E-state index is -0.205. The molecule has 0 heterocycles. The van der Waals surface area contributed by atoms with Gasteiger partial charge in [0.1, 0.15) is 0 Å². The van der Waals surface area contributed by atoms with E-state index in [9.17, 15) is 4.79 Å². The first-order chi connectivity index (χ1) is 8.58. The van der Waals surface area contributed by atoms with Gasteiger partial charge in [-0.25, -0.2) is 0 Å². The monoisotopic (exact) mass is 416 g/mol. The van der Waals surface area contributed by atoms with Crippen LogP contribution in [-0.4, -0.2) is 5.91 Å². The summed E-state index contributed by atoms with van der Waals surface area (Å²) in [4.78, 5) is 12.1. The van der Waals surface area contributed by atoms with Crippen molar-refractivity contribution >= 4 is 55.8 Å². The smallest absolute Gasteiger partial charge is 0.257 e. The van der Waals surface area contributed by atoms with Crippen LogP contribution in [0.25, 0.3) is 0 Å². The highest BCUT2D eigenvalue weighted by Gasteiger charge is 2.11. The number of halogens is 2. The Hall–Kier alpha value is -1.08. The first-order valence-electron chi connectivity index (χ1n) is 5.19. The van der Waals surface area contributed by atoms with E-state index in [1.54, 1.807) is 18.2 Å². The molecule has 0 aliphatic rings. The highest BCUT2D eigenvalue weighted by atomic mass is 127. The van der Waals surface area contributed by atoms with Crippen molar-refractivity contribution in [2.24, 2.45) is 0 Å². The minimum Gasteiger partial charge on any atom is -0.398 e. The van der Waals surface area contributed by atoms with Gasteiger partial charge in [0.15, 0.2) is 0 Å². The van der Waals surface area contributed by atoms with E-state index in [1.165, 1.54) is 0 Å². The Morgan fingerprint density at radius 3 is 2.61 bits per heavy atom. The van der Waals surface area contributed by atoms with Gasteiger partial charge in [-0.15, -0.1) is 0 Å². The van der Waals surface area contributed by atoms with Gasteiger partial charge < -0.3 is 11.1 Å². The van der Waals surface area contributed by atoms with Crippen molar-refractivity contribution in [1.82, 2.24) is 0 Å². The number of rotatable bonds is 2. The summed E-state index contributed by atoms with van der Waals surface area (Å²) < 4.78 is 1.84. The van der Waals surface area contributed by atoms with E-state index in [0.717, 1.165) is 13.7 Å². The summed E-state index contributed by atoms with van der Waals surface area (Å²) in [5.74, 6) is -0.205. The fourth-order valence-electron chi connectivity index (χ4n) is 1.49. The first kappa shape index (κ1) is 13.4. The van der Waals surface area contributed by atoms with Crippen LogP contribution in [-0.2, 0) is 0 Å². The van der Waals surface area contributed by atoms with Crippen LogP contribution in [0.5, 0.6) is 0 Å². The van der Waals surface area contributed by atoms with E-state index in [4.69, 9.17) is 5.73 Å². The van der Waals surface area contributed by atoms with Crippen LogP contribution in [0.4, 0.5) is 11.4 Å². The standard InChI is InChI=1S/C13H10BrIN2O/c14-8-5-6-9(11(16)7-8)13(18)17-12-4-2-1-3-10(12)15/h1-7H,16H2,(H,17,18). The molecule has 0 spiro atoms. The summed E-state index contributed by atoms with van der Waals surface area (Å²) in [6.45, 7) is 0. The van der Waals surface area contributed by atoms with Crippen molar-refractivity contribution in [2.45, 2.75) is 0 Å². The van der Waals surface area contributed by atoms with Crippen molar-refractivity contribution in [3.05, 3.63) is 56.1 Å². The Labute approximate surface area is 127 Å². The topological polar surface area (TPSA) is 55.1 Å². The summed E-state index contributed by atoms with van der Waals surface area (Å²) >= 11 is 5.48. The molecule has 0 radical (unpaired) electrons. The van der Waals surface area contributed by atoms with Crippen LogP contribution in [0, 0.1) is 3.57 Å². The van der Waals surface area contributed by atoms with Crippen molar-refractivity contribution in [2.75, 3.05) is 11.1 Å². The second-order valence-corrected chi connectivity index (χ2v) is 5.74. The van der Waals surface area contributed by atoms with Gasteiger partial charge in [-0.05, 0) is 52.9 Å². The Balaban J connectivity index is 2.25. The van der Waals surface area contributed by atoms with Gasteiger partial charge >= 0.3 is 0 Å². The number of hydrogen-bond donors (Lipinski definition) is 2. The minimum absolute atomic E-state index is 0.205. The maximum Gasteiger partial charge on any atom is 0.257 e. The zero-order valence-electron chi connectivity index (χ0n) is 9.28.